The first-order valence-electron chi connectivity index (χ1n) is 22.6. The first kappa shape index (κ1) is 45.3. The van der Waals surface area contributed by atoms with E-state index in [9.17, 15) is 34.8 Å². The highest BCUT2D eigenvalue weighted by Crippen LogP contribution is 2.71. The lowest BCUT2D eigenvalue weighted by molar-refractivity contribution is -0.375. The summed E-state index contributed by atoms with van der Waals surface area (Å²) in [6, 6.07) is 0. The molecule has 0 aromatic rings. The second-order valence-corrected chi connectivity index (χ2v) is 20.1. The van der Waals surface area contributed by atoms with Crippen molar-refractivity contribution in [1.29, 1.82) is 0 Å². The number of rotatable bonds is 8. The first-order valence-corrected chi connectivity index (χ1v) is 22.6. The molecule has 3 saturated carbocycles. The highest BCUT2D eigenvalue weighted by molar-refractivity contribution is 5.68. The van der Waals surface area contributed by atoms with Gasteiger partial charge in [0, 0.05) is 44.9 Å². The molecule has 16 heteroatoms. The SMILES string of the molecule is CC(=O)OCC1OC(OC2CC(O)CC3=CCC4C5CC6OC7(CCC(C)CO7)C(C)C6C5(C)CCC4C32C)C(OC2OC(C)C(O)C(O)C2O)C(OC(C)=O)C1OC(C)=O. The lowest BCUT2D eigenvalue weighted by Crippen LogP contribution is -2.66. The largest absolute Gasteiger partial charge is 0.463 e. The second-order valence-electron chi connectivity index (χ2n) is 20.1. The summed E-state index contributed by atoms with van der Waals surface area (Å²) in [6.07, 6.45) is -6.89. The number of carbonyl (C=O) groups excluding carboxylic acids is 3. The molecule has 0 bridgehead atoms. The first-order chi connectivity index (χ1) is 28.8. The van der Waals surface area contributed by atoms with Crippen molar-refractivity contribution in [2.45, 2.75) is 192 Å². The molecule has 61 heavy (non-hydrogen) atoms. The molecular formula is C45H68O16. The second kappa shape index (κ2) is 17.0. The Morgan fingerprint density at radius 1 is 0.803 bits per heavy atom. The number of aliphatic hydroxyl groups excluding tert-OH is 4. The van der Waals surface area contributed by atoms with E-state index in [-0.39, 0.29) is 29.8 Å². The van der Waals surface area contributed by atoms with Gasteiger partial charge >= 0.3 is 17.9 Å². The lowest BCUT2D eigenvalue weighted by atomic mass is 9.46. The van der Waals surface area contributed by atoms with Gasteiger partial charge in [0.1, 0.15) is 31.0 Å². The van der Waals surface area contributed by atoms with Crippen LogP contribution in [0, 0.1) is 46.3 Å². The van der Waals surface area contributed by atoms with E-state index in [0.717, 1.165) is 50.7 Å². The molecule has 8 aliphatic rings. The number of ether oxygens (including phenoxy) is 9. The van der Waals surface area contributed by atoms with Crippen molar-refractivity contribution in [2.75, 3.05) is 13.2 Å². The Labute approximate surface area is 358 Å². The highest BCUT2D eigenvalue weighted by atomic mass is 16.8. The molecule has 7 fully saturated rings. The number of aliphatic hydroxyl groups is 4. The quantitative estimate of drug-likeness (QED) is 0.157. The summed E-state index contributed by atoms with van der Waals surface area (Å²) in [5, 5.41) is 43.8. The fourth-order valence-corrected chi connectivity index (χ4v) is 13.5. The van der Waals surface area contributed by atoms with Crippen molar-refractivity contribution in [2.24, 2.45) is 46.3 Å². The lowest BCUT2D eigenvalue weighted by Gasteiger charge is -2.60. The van der Waals surface area contributed by atoms with E-state index in [0.29, 0.717) is 30.1 Å². The molecule has 0 radical (unpaired) electrons. The van der Waals surface area contributed by atoms with Gasteiger partial charge < -0.3 is 63.1 Å². The predicted octanol–water partition coefficient (Wildman–Crippen LogP) is 3.07. The van der Waals surface area contributed by atoms with E-state index in [1.165, 1.54) is 27.7 Å². The molecule has 4 N–H and O–H groups in total. The zero-order valence-electron chi connectivity index (χ0n) is 36.8. The van der Waals surface area contributed by atoms with Crippen molar-refractivity contribution in [1.82, 2.24) is 0 Å². The van der Waals surface area contributed by atoms with E-state index in [1.54, 1.807) is 0 Å². The monoisotopic (exact) mass is 864 g/mol. The molecule has 0 aromatic carbocycles. The molecule has 8 rings (SSSR count). The summed E-state index contributed by atoms with van der Waals surface area (Å²) in [4.78, 5) is 37.5. The van der Waals surface area contributed by atoms with Gasteiger partial charge in [-0.05, 0) is 80.5 Å². The van der Waals surface area contributed by atoms with Gasteiger partial charge in [0.05, 0.1) is 31.0 Å². The number of hydrogen-bond acceptors (Lipinski definition) is 16. The molecule has 0 aromatic heterocycles. The summed E-state index contributed by atoms with van der Waals surface area (Å²) in [7, 11) is 0. The van der Waals surface area contributed by atoms with Gasteiger partial charge in [-0.15, -0.1) is 0 Å². The summed E-state index contributed by atoms with van der Waals surface area (Å²) >= 11 is 0. The molecular weight excluding hydrogens is 796 g/mol. The number of esters is 3. The maximum absolute atomic E-state index is 12.8. The molecule has 22 atom stereocenters. The third-order valence-corrected chi connectivity index (χ3v) is 16.5. The van der Waals surface area contributed by atoms with Gasteiger partial charge in [0.2, 0.25) is 0 Å². The van der Waals surface area contributed by atoms with Crippen molar-refractivity contribution < 1.29 is 77.4 Å². The van der Waals surface area contributed by atoms with E-state index in [2.05, 4.69) is 33.8 Å². The van der Waals surface area contributed by atoms with E-state index < -0.39 is 109 Å². The summed E-state index contributed by atoms with van der Waals surface area (Å²) in [5.41, 5.74) is 0.557. The predicted molar refractivity (Wildman–Crippen MR) is 212 cm³/mol. The zero-order chi connectivity index (χ0) is 43.9. The topological polar surface area (TPSA) is 215 Å². The van der Waals surface area contributed by atoms with E-state index in [4.69, 9.17) is 42.6 Å². The maximum atomic E-state index is 12.8. The van der Waals surface area contributed by atoms with Crippen LogP contribution in [0.2, 0.25) is 0 Å². The van der Waals surface area contributed by atoms with Gasteiger partial charge in [-0.1, -0.05) is 39.3 Å². The van der Waals surface area contributed by atoms with Crippen LogP contribution in [0.25, 0.3) is 0 Å². The Morgan fingerprint density at radius 3 is 2.20 bits per heavy atom. The third-order valence-electron chi connectivity index (χ3n) is 16.5. The molecule has 1 spiro atoms. The zero-order valence-corrected chi connectivity index (χ0v) is 36.8. The van der Waals surface area contributed by atoms with Crippen molar-refractivity contribution in [3.63, 3.8) is 0 Å². The molecule has 4 aliphatic heterocycles. The Bertz CT molecular complexity index is 1680. The molecule has 344 valence electrons. The third kappa shape index (κ3) is 7.90. The Hall–Kier alpha value is -2.25. The summed E-state index contributed by atoms with van der Waals surface area (Å²) < 4.78 is 56.4. The molecule has 4 aliphatic carbocycles. The van der Waals surface area contributed by atoms with E-state index >= 15 is 0 Å². The average Bonchev–Trinajstić information content (AvgIpc) is 3.64. The Balaban J connectivity index is 1.12. The van der Waals surface area contributed by atoms with Gasteiger partial charge in [-0.2, -0.15) is 0 Å². The molecule has 4 saturated heterocycles. The maximum Gasteiger partial charge on any atom is 0.303 e. The summed E-state index contributed by atoms with van der Waals surface area (Å²) in [6.45, 7) is 14.6. The minimum absolute atomic E-state index is 0.0435. The van der Waals surface area contributed by atoms with Crippen molar-refractivity contribution >= 4 is 17.9 Å². The highest BCUT2D eigenvalue weighted by Gasteiger charge is 2.70. The number of hydrogen-bond donors (Lipinski definition) is 4. The van der Waals surface area contributed by atoms with Crippen LogP contribution in [0.3, 0.4) is 0 Å². The minimum Gasteiger partial charge on any atom is -0.463 e. The van der Waals surface area contributed by atoms with Crippen LogP contribution in [0.15, 0.2) is 11.6 Å². The van der Waals surface area contributed by atoms with Gasteiger partial charge in [-0.25, -0.2) is 0 Å². The standard InChI is InChI=1S/C45H68O16/c1-20-11-14-45(54-18-20)21(2)34-31(61-45)17-30-28-10-9-26-15-27(49)16-33(44(26,8)29(28)12-13-43(30,34)7)59-42-40(60-41-37(52)36(51)35(50)22(3)55-41)39(57-25(6)48)38(56-24(5)47)32(58-42)19-53-23(4)46/h9,20-22,27-42,49-52H,10-19H2,1-8H3. The van der Waals surface area contributed by atoms with Crippen LogP contribution in [0.4, 0.5) is 0 Å². The Kier molecular flexibility index (Phi) is 12.6. The number of allylic oxidation sites excluding steroid dienone is 1. The van der Waals surface area contributed by atoms with Crippen LogP contribution >= 0.6 is 0 Å². The van der Waals surface area contributed by atoms with Gasteiger partial charge in [-0.3, -0.25) is 14.4 Å². The fourth-order valence-electron chi connectivity index (χ4n) is 13.5. The molecule has 16 nitrogen and oxygen atoms in total. The average molecular weight is 865 g/mol. The van der Waals surface area contributed by atoms with Gasteiger partial charge in [0.25, 0.3) is 0 Å². The molecule has 4 heterocycles. The number of fused-ring (bicyclic) bond motifs is 7. The van der Waals surface area contributed by atoms with Crippen LogP contribution < -0.4 is 0 Å². The summed E-state index contributed by atoms with van der Waals surface area (Å²) in [5.74, 6) is -0.657. The van der Waals surface area contributed by atoms with Gasteiger partial charge in [0.15, 0.2) is 36.7 Å². The number of carbonyl (C=O) groups is 3. The molecule has 22 unspecified atom stereocenters. The molecule has 0 amide bonds. The van der Waals surface area contributed by atoms with E-state index in [1.807, 2.05) is 0 Å². The van der Waals surface area contributed by atoms with Crippen molar-refractivity contribution in [3.05, 3.63) is 11.6 Å². The van der Waals surface area contributed by atoms with Crippen LogP contribution in [0.1, 0.15) is 107 Å². The Morgan fingerprint density at radius 2 is 1.52 bits per heavy atom. The van der Waals surface area contributed by atoms with Crippen LogP contribution in [-0.2, 0) is 57.0 Å². The minimum atomic E-state index is -1.75. The van der Waals surface area contributed by atoms with Crippen LogP contribution in [0.5, 0.6) is 0 Å². The normalized spacial score (nSPS) is 51.6. The van der Waals surface area contributed by atoms with Crippen LogP contribution in [-0.4, -0.2) is 137 Å². The fraction of sp³-hybridized carbons (Fsp3) is 0.889. The smallest absolute Gasteiger partial charge is 0.303 e. The van der Waals surface area contributed by atoms with Crippen molar-refractivity contribution in [3.8, 4) is 0 Å².